The second kappa shape index (κ2) is 11.2. The Kier molecular flexibility index (Phi) is 7.30. The summed E-state index contributed by atoms with van der Waals surface area (Å²) in [7, 11) is 0. The predicted octanol–water partition coefficient (Wildman–Crippen LogP) is 4.26. The lowest BCUT2D eigenvalue weighted by atomic mass is 10.1. The number of primary amides is 1. The van der Waals surface area contributed by atoms with Gasteiger partial charge in [-0.15, -0.1) is 0 Å². The molecule has 11 heteroatoms. The summed E-state index contributed by atoms with van der Waals surface area (Å²) in [4.78, 5) is 24.4. The van der Waals surface area contributed by atoms with E-state index in [0.717, 1.165) is 54.3 Å². The van der Waals surface area contributed by atoms with Gasteiger partial charge in [0.05, 0.1) is 46.7 Å². The third-order valence-corrected chi connectivity index (χ3v) is 8.27. The SMILES string of the molecule is N#Cc1ccc(COc2ncc(C3=CCN(Cc4nc5ccc(C(N)=O)cc5n4CC4CCO4)CC3)s2)c(F)c1. The first-order chi connectivity index (χ1) is 19.5. The first kappa shape index (κ1) is 26.1. The number of amides is 1. The van der Waals surface area contributed by atoms with Crippen LogP contribution in [0.25, 0.3) is 16.6 Å². The van der Waals surface area contributed by atoms with Crippen LogP contribution in [0.1, 0.15) is 45.0 Å². The number of thiazole rings is 1. The van der Waals surface area contributed by atoms with Crippen molar-refractivity contribution in [2.45, 2.75) is 38.6 Å². The molecule has 1 fully saturated rings. The summed E-state index contributed by atoms with van der Waals surface area (Å²) >= 11 is 1.44. The van der Waals surface area contributed by atoms with E-state index in [2.05, 4.69) is 20.5 Å². The molecule has 9 nitrogen and oxygen atoms in total. The van der Waals surface area contributed by atoms with Crippen molar-refractivity contribution in [3.8, 4) is 11.3 Å². The van der Waals surface area contributed by atoms with E-state index in [9.17, 15) is 9.18 Å². The molecule has 204 valence electrons. The van der Waals surface area contributed by atoms with Crippen LogP contribution in [0, 0.1) is 17.1 Å². The molecule has 0 spiro atoms. The minimum absolute atomic E-state index is 0.0468. The highest BCUT2D eigenvalue weighted by atomic mass is 32.1. The van der Waals surface area contributed by atoms with Crippen LogP contribution in [-0.2, 0) is 24.4 Å². The first-order valence-corrected chi connectivity index (χ1v) is 13.9. The topological polar surface area (TPSA) is 119 Å². The van der Waals surface area contributed by atoms with Crippen LogP contribution in [0.3, 0.4) is 0 Å². The maximum Gasteiger partial charge on any atom is 0.274 e. The van der Waals surface area contributed by atoms with E-state index >= 15 is 0 Å². The summed E-state index contributed by atoms with van der Waals surface area (Å²) in [6, 6.07) is 11.7. The Balaban J connectivity index is 1.12. The summed E-state index contributed by atoms with van der Waals surface area (Å²) in [5, 5.41) is 9.38. The fourth-order valence-corrected chi connectivity index (χ4v) is 5.74. The molecule has 1 amide bonds. The standard InChI is InChI=1S/C29H27FN6O3S/c30-23-11-18(13-31)1-2-21(23)17-39-29-33-14-26(40-29)19-5-8-35(9-6-19)16-27-34-24-4-3-20(28(32)37)12-25(24)36(27)15-22-7-10-38-22/h1-5,11-12,14,22H,6-10,15-17H2,(H2,32,37). The molecule has 0 bridgehead atoms. The van der Waals surface area contributed by atoms with Crippen molar-refractivity contribution in [2.75, 3.05) is 19.7 Å². The van der Waals surface area contributed by atoms with Crippen LogP contribution in [0.4, 0.5) is 4.39 Å². The monoisotopic (exact) mass is 558 g/mol. The summed E-state index contributed by atoms with van der Waals surface area (Å²) in [5.74, 6) is 0.0169. The van der Waals surface area contributed by atoms with Crippen LogP contribution in [0.15, 0.2) is 48.7 Å². The van der Waals surface area contributed by atoms with Crippen molar-refractivity contribution in [2.24, 2.45) is 5.73 Å². The van der Waals surface area contributed by atoms with Gasteiger partial charge in [0.15, 0.2) is 0 Å². The number of fused-ring (bicyclic) bond motifs is 1. The lowest BCUT2D eigenvalue weighted by Crippen LogP contribution is -2.33. The third-order valence-electron chi connectivity index (χ3n) is 7.28. The number of rotatable bonds is 9. The second-order valence-electron chi connectivity index (χ2n) is 9.90. The number of hydrogen-bond acceptors (Lipinski definition) is 8. The third kappa shape index (κ3) is 5.47. The molecule has 0 radical (unpaired) electrons. The van der Waals surface area contributed by atoms with Gasteiger partial charge in [-0.3, -0.25) is 9.69 Å². The Morgan fingerprint density at radius 3 is 2.88 bits per heavy atom. The van der Waals surface area contributed by atoms with Gasteiger partial charge in [0.2, 0.25) is 5.91 Å². The molecule has 40 heavy (non-hydrogen) atoms. The molecule has 1 atom stereocenters. The Morgan fingerprint density at radius 2 is 2.17 bits per heavy atom. The average Bonchev–Trinajstić information content (AvgIpc) is 3.54. The van der Waals surface area contributed by atoms with Gasteiger partial charge >= 0.3 is 0 Å². The number of halogens is 1. The average molecular weight is 559 g/mol. The zero-order valence-electron chi connectivity index (χ0n) is 21.7. The van der Waals surface area contributed by atoms with Gasteiger partial charge in [-0.1, -0.05) is 23.5 Å². The maximum absolute atomic E-state index is 14.2. The number of carbonyl (C=O) groups is 1. The lowest BCUT2D eigenvalue weighted by Gasteiger charge is -2.29. The number of nitriles is 1. The minimum Gasteiger partial charge on any atom is -0.465 e. The van der Waals surface area contributed by atoms with Crippen LogP contribution in [0.5, 0.6) is 5.19 Å². The van der Waals surface area contributed by atoms with Crippen LogP contribution in [-0.4, -0.2) is 51.1 Å². The Morgan fingerprint density at radius 1 is 1.30 bits per heavy atom. The van der Waals surface area contributed by atoms with Crippen molar-refractivity contribution in [1.29, 1.82) is 5.26 Å². The Hall–Kier alpha value is -4.11. The predicted molar refractivity (Wildman–Crippen MR) is 148 cm³/mol. The largest absolute Gasteiger partial charge is 0.465 e. The molecule has 4 aromatic rings. The first-order valence-electron chi connectivity index (χ1n) is 13.1. The fraction of sp³-hybridized carbons (Fsp3) is 0.310. The summed E-state index contributed by atoms with van der Waals surface area (Å²) in [5.41, 5.74) is 9.59. The molecule has 2 N–H and O–H groups in total. The van der Waals surface area contributed by atoms with Gasteiger partial charge in [0, 0.05) is 37.0 Å². The molecule has 1 saturated heterocycles. The van der Waals surface area contributed by atoms with Crippen LogP contribution < -0.4 is 10.5 Å². The second-order valence-corrected chi connectivity index (χ2v) is 10.9. The normalized spacial score (nSPS) is 17.3. The summed E-state index contributed by atoms with van der Waals surface area (Å²) in [6.45, 7) is 3.80. The molecule has 6 rings (SSSR count). The number of aromatic nitrogens is 3. The Labute approximate surface area is 234 Å². The zero-order chi connectivity index (χ0) is 27.6. The summed E-state index contributed by atoms with van der Waals surface area (Å²) in [6.07, 6.45) is 6.01. The molecule has 2 aromatic carbocycles. The molecule has 2 aliphatic heterocycles. The maximum atomic E-state index is 14.2. The van der Waals surface area contributed by atoms with Gasteiger partial charge in [-0.2, -0.15) is 5.26 Å². The van der Waals surface area contributed by atoms with Crippen molar-refractivity contribution < 1.29 is 18.7 Å². The van der Waals surface area contributed by atoms with E-state index in [-0.39, 0.29) is 18.3 Å². The molecule has 2 aliphatic rings. The highest BCUT2D eigenvalue weighted by Crippen LogP contribution is 2.32. The van der Waals surface area contributed by atoms with Crippen LogP contribution >= 0.6 is 11.3 Å². The number of nitrogens with zero attached hydrogens (tertiary/aromatic N) is 5. The highest BCUT2D eigenvalue weighted by molar-refractivity contribution is 7.14. The number of nitrogens with two attached hydrogens (primary N) is 1. The lowest BCUT2D eigenvalue weighted by molar-refractivity contribution is -0.0591. The van der Waals surface area contributed by atoms with Gasteiger partial charge < -0.3 is 19.8 Å². The summed E-state index contributed by atoms with van der Waals surface area (Å²) < 4.78 is 27.7. The highest BCUT2D eigenvalue weighted by Gasteiger charge is 2.24. The number of ether oxygens (including phenoxy) is 2. The van der Waals surface area contributed by atoms with Gasteiger partial charge in [0.25, 0.3) is 5.19 Å². The van der Waals surface area contributed by atoms with Gasteiger partial charge in [-0.25, -0.2) is 14.4 Å². The van der Waals surface area contributed by atoms with Crippen molar-refractivity contribution in [1.82, 2.24) is 19.4 Å². The van der Waals surface area contributed by atoms with E-state index in [4.69, 9.17) is 25.5 Å². The van der Waals surface area contributed by atoms with Crippen molar-refractivity contribution >= 4 is 33.9 Å². The number of imidazole rings is 1. The number of hydrogen-bond donors (Lipinski definition) is 1. The minimum atomic E-state index is -0.465. The fourth-order valence-electron chi connectivity index (χ4n) is 4.91. The molecular formula is C29H27FN6O3S. The van der Waals surface area contributed by atoms with Crippen molar-refractivity contribution in [3.63, 3.8) is 0 Å². The number of carbonyl (C=O) groups excluding carboxylic acids is 1. The number of benzene rings is 2. The zero-order valence-corrected chi connectivity index (χ0v) is 22.5. The molecule has 2 aromatic heterocycles. The van der Waals surface area contributed by atoms with E-state index < -0.39 is 11.7 Å². The van der Waals surface area contributed by atoms with E-state index in [0.29, 0.717) is 29.4 Å². The quantitative estimate of drug-likeness (QED) is 0.326. The Bertz CT molecular complexity index is 1650. The van der Waals surface area contributed by atoms with E-state index in [1.54, 1.807) is 24.4 Å². The molecule has 1 unspecified atom stereocenters. The van der Waals surface area contributed by atoms with Crippen LogP contribution in [0.2, 0.25) is 0 Å². The molecule has 0 aliphatic carbocycles. The molecule has 0 saturated carbocycles. The van der Waals surface area contributed by atoms with E-state index in [1.807, 2.05) is 18.2 Å². The molecular weight excluding hydrogens is 531 g/mol. The van der Waals surface area contributed by atoms with Gasteiger partial charge in [0.1, 0.15) is 18.2 Å². The smallest absolute Gasteiger partial charge is 0.274 e. The van der Waals surface area contributed by atoms with Gasteiger partial charge in [-0.05, 0) is 48.7 Å². The van der Waals surface area contributed by atoms with Crippen molar-refractivity contribution in [3.05, 3.63) is 81.9 Å². The molecule has 4 heterocycles. The van der Waals surface area contributed by atoms with E-state index in [1.165, 1.54) is 23.0 Å².